The van der Waals surface area contributed by atoms with Crippen molar-refractivity contribution >= 4 is 17.4 Å². The van der Waals surface area contributed by atoms with E-state index in [0.29, 0.717) is 22.9 Å². The molecule has 0 bridgehead atoms. The van der Waals surface area contributed by atoms with E-state index in [1.165, 1.54) is 25.3 Å². The lowest BCUT2D eigenvalue weighted by atomic mass is 9.85. The van der Waals surface area contributed by atoms with Crippen molar-refractivity contribution in [1.82, 2.24) is 0 Å². The monoisotopic (exact) mass is 268 g/mol. The summed E-state index contributed by atoms with van der Waals surface area (Å²) in [7, 11) is 0. The second kappa shape index (κ2) is 6.33. The zero-order valence-corrected chi connectivity index (χ0v) is 11.2. The van der Waals surface area contributed by atoms with Crippen LogP contribution in [0.4, 0.5) is 4.39 Å². The van der Waals surface area contributed by atoms with Crippen LogP contribution >= 0.6 is 11.6 Å². The fraction of sp³-hybridized carbons (Fsp3) is 0.533. The minimum Gasteiger partial charge on any atom is -0.299 e. The summed E-state index contributed by atoms with van der Waals surface area (Å²) >= 11 is 5.92. The van der Waals surface area contributed by atoms with E-state index in [-0.39, 0.29) is 18.0 Å². The van der Waals surface area contributed by atoms with Gasteiger partial charge in [0.1, 0.15) is 11.6 Å². The highest BCUT2D eigenvalue weighted by molar-refractivity contribution is 6.31. The minimum absolute atomic E-state index is 0.105. The fourth-order valence-corrected chi connectivity index (χ4v) is 2.91. The van der Waals surface area contributed by atoms with Crippen LogP contribution in [0.3, 0.4) is 0 Å². The molecule has 1 nitrogen and oxygen atoms in total. The summed E-state index contributed by atoms with van der Waals surface area (Å²) in [6.45, 7) is 0. The molecule has 0 amide bonds. The molecule has 1 saturated carbocycles. The van der Waals surface area contributed by atoms with E-state index in [2.05, 4.69) is 0 Å². The molecule has 2 rings (SSSR count). The molecule has 0 atom stereocenters. The van der Waals surface area contributed by atoms with Gasteiger partial charge in [-0.3, -0.25) is 4.79 Å². The highest BCUT2D eigenvalue weighted by Gasteiger charge is 2.19. The molecule has 1 aromatic carbocycles. The molecule has 0 saturated heterocycles. The molecule has 0 aromatic heterocycles. The largest absolute Gasteiger partial charge is 0.299 e. The van der Waals surface area contributed by atoms with Gasteiger partial charge >= 0.3 is 0 Å². The average molecular weight is 269 g/mol. The third kappa shape index (κ3) is 3.55. The number of hydrogen-bond donors (Lipinski definition) is 0. The number of benzene rings is 1. The lowest BCUT2D eigenvalue weighted by Gasteiger charge is -2.20. The van der Waals surface area contributed by atoms with E-state index in [1.807, 2.05) is 0 Å². The number of halogens is 2. The average Bonchev–Trinajstić information content (AvgIpc) is 2.35. The molecule has 0 radical (unpaired) electrons. The number of Topliss-reactive ketones (excluding diaryl/α,β-unsaturated/α-hetero) is 1. The summed E-state index contributed by atoms with van der Waals surface area (Å²) in [5.41, 5.74) is 0.347. The maximum absolute atomic E-state index is 13.6. The van der Waals surface area contributed by atoms with E-state index >= 15 is 0 Å². The lowest BCUT2D eigenvalue weighted by Crippen LogP contribution is -2.14. The van der Waals surface area contributed by atoms with Crippen LogP contribution in [0.15, 0.2) is 18.2 Å². The van der Waals surface area contributed by atoms with E-state index in [0.717, 1.165) is 12.8 Å². The van der Waals surface area contributed by atoms with Gasteiger partial charge in [-0.25, -0.2) is 4.39 Å². The Morgan fingerprint density at radius 2 is 2.00 bits per heavy atom. The molecule has 3 heteroatoms. The molecule has 0 N–H and O–H groups in total. The third-order valence-electron chi connectivity index (χ3n) is 3.68. The van der Waals surface area contributed by atoms with Crippen LogP contribution in [-0.2, 0) is 11.2 Å². The highest BCUT2D eigenvalue weighted by atomic mass is 35.5. The summed E-state index contributed by atoms with van der Waals surface area (Å²) in [5.74, 6) is 0.227. The van der Waals surface area contributed by atoms with Crippen molar-refractivity contribution in [3.8, 4) is 0 Å². The molecular weight excluding hydrogens is 251 g/mol. The van der Waals surface area contributed by atoms with Gasteiger partial charge in [-0.05, 0) is 18.1 Å². The van der Waals surface area contributed by atoms with Crippen LogP contribution in [0.25, 0.3) is 0 Å². The predicted molar refractivity (Wildman–Crippen MR) is 71.3 cm³/mol. The first-order valence-electron chi connectivity index (χ1n) is 6.61. The van der Waals surface area contributed by atoms with Gasteiger partial charge in [-0.15, -0.1) is 0 Å². The number of hydrogen-bond acceptors (Lipinski definition) is 1. The van der Waals surface area contributed by atoms with Gasteiger partial charge < -0.3 is 0 Å². The van der Waals surface area contributed by atoms with Gasteiger partial charge in [-0.2, -0.15) is 0 Å². The fourth-order valence-electron chi connectivity index (χ4n) is 2.68. The first-order valence-corrected chi connectivity index (χ1v) is 6.99. The van der Waals surface area contributed by atoms with E-state index in [4.69, 9.17) is 11.6 Å². The Morgan fingerprint density at radius 1 is 1.28 bits per heavy atom. The quantitative estimate of drug-likeness (QED) is 0.782. The summed E-state index contributed by atoms with van der Waals surface area (Å²) in [4.78, 5) is 12.0. The first-order chi connectivity index (χ1) is 8.66. The maximum Gasteiger partial charge on any atom is 0.137 e. The number of ketones is 1. The van der Waals surface area contributed by atoms with Gasteiger partial charge in [0.2, 0.25) is 0 Å². The van der Waals surface area contributed by atoms with Gasteiger partial charge in [0.25, 0.3) is 0 Å². The normalized spacial score (nSPS) is 16.8. The first kappa shape index (κ1) is 13.5. The Hall–Kier alpha value is -0.890. The molecule has 1 aliphatic carbocycles. The topological polar surface area (TPSA) is 17.1 Å². The molecule has 98 valence electrons. The van der Waals surface area contributed by atoms with E-state index < -0.39 is 0 Å². The molecule has 18 heavy (non-hydrogen) atoms. The maximum atomic E-state index is 13.6. The molecule has 1 aliphatic rings. The highest BCUT2D eigenvalue weighted by Crippen LogP contribution is 2.27. The van der Waals surface area contributed by atoms with Crippen LogP contribution in [0, 0.1) is 11.7 Å². The standard InChI is InChI=1S/C15H18ClFO/c16-14-7-4-8-15(17)13(14)10-12(18)9-11-5-2-1-3-6-11/h4,7-8,11H,1-3,5-6,9-10H2. The second-order valence-electron chi connectivity index (χ2n) is 5.12. The van der Waals surface area contributed by atoms with E-state index in [1.54, 1.807) is 12.1 Å². The smallest absolute Gasteiger partial charge is 0.137 e. The number of carbonyl (C=O) groups is 1. The summed E-state index contributed by atoms with van der Waals surface area (Å²) in [5, 5.41) is 0.354. The van der Waals surface area contributed by atoms with Crippen molar-refractivity contribution in [1.29, 1.82) is 0 Å². The molecule has 0 unspecified atom stereocenters. The van der Waals surface area contributed by atoms with Crippen molar-refractivity contribution in [2.24, 2.45) is 5.92 Å². The van der Waals surface area contributed by atoms with Crippen molar-refractivity contribution in [3.63, 3.8) is 0 Å². The second-order valence-corrected chi connectivity index (χ2v) is 5.53. The van der Waals surface area contributed by atoms with Crippen LogP contribution in [0.1, 0.15) is 44.1 Å². The summed E-state index contributed by atoms with van der Waals surface area (Å²) < 4.78 is 13.6. The Bertz CT molecular complexity index is 404. The SMILES string of the molecule is O=C(Cc1c(F)cccc1Cl)CC1CCCCC1. The minimum atomic E-state index is -0.375. The Morgan fingerprint density at radius 3 is 2.67 bits per heavy atom. The third-order valence-corrected chi connectivity index (χ3v) is 4.03. The van der Waals surface area contributed by atoms with Crippen molar-refractivity contribution in [2.45, 2.75) is 44.9 Å². The van der Waals surface area contributed by atoms with Crippen molar-refractivity contribution in [2.75, 3.05) is 0 Å². The summed E-state index contributed by atoms with van der Waals surface area (Å²) in [6.07, 6.45) is 6.70. The van der Waals surface area contributed by atoms with Crippen LogP contribution in [0.2, 0.25) is 5.02 Å². The van der Waals surface area contributed by atoms with Gasteiger partial charge in [0.05, 0.1) is 0 Å². The zero-order chi connectivity index (χ0) is 13.0. The molecule has 0 aliphatic heterocycles. The van der Waals surface area contributed by atoms with Crippen LogP contribution in [0.5, 0.6) is 0 Å². The molecule has 1 fully saturated rings. The number of carbonyl (C=O) groups excluding carboxylic acids is 1. The molecular formula is C15H18ClFO. The Kier molecular flexibility index (Phi) is 4.76. The zero-order valence-electron chi connectivity index (χ0n) is 10.4. The van der Waals surface area contributed by atoms with Gasteiger partial charge in [-0.1, -0.05) is 49.8 Å². The molecule has 0 spiro atoms. The predicted octanol–water partition coefficient (Wildman–Crippen LogP) is 4.56. The number of rotatable bonds is 4. The Balaban J connectivity index is 1.94. The van der Waals surface area contributed by atoms with Crippen molar-refractivity contribution < 1.29 is 9.18 Å². The molecule has 0 heterocycles. The van der Waals surface area contributed by atoms with Gasteiger partial charge in [0.15, 0.2) is 0 Å². The Labute approximate surface area is 112 Å². The van der Waals surface area contributed by atoms with Crippen LogP contribution < -0.4 is 0 Å². The summed E-state index contributed by atoms with van der Waals surface area (Å²) in [6, 6.07) is 4.55. The lowest BCUT2D eigenvalue weighted by molar-refractivity contribution is -0.119. The van der Waals surface area contributed by atoms with Gasteiger partial charge in [0, 0.05) is 23.4 Å². The molecule has 1 aromatic rings. The van der Waals surface area contributed by atoms with Crippen LogP contribution in [-0.4, -0.2) is 5.78 Å². The van der Waals surface area contributed by atoms with E-state index in [9.17, 15) is 9.18 Å². The van der Waals surface area contributed by atoms with Crippen molar-refractivity contribution in [3.05, 3.63) is 34.6 Å².